The zero-order valence-corrected chi connectivity index (χ0v) is 11.5. The molecule has 0 saturated heterocycles. The van der Waals surface area contributed by atoms with Gasteiger partial charge in [0.05, 0.1) is 17.9 Å². The van der Waals surface area contributed by atoms with Gasteiger partial charge >= 0.3 is 0 Å². The van der Waals surface area contributed by atoms with Crippen molar-refractivity contribution in [1.29, 1.82) is 0 Å². The molecule has 0 radical (unpaired) electrons. The Bertz CT molecular complexity index is 434. The van der Waals surface area contributed by atoms with Crippen molar-refractivity contribution in [3.05, 3.63) is 23.0 Å². The molecule has 0 amide bonds. The Balaban J connectivity index is 3.35. The normalized spacial score (nSPS) is 12.3. The fourth-order valence-corrected chi connectivity index (χ4v) is 2.00. The molecule has 0 aliphatic heterocycles. The summed E-state index contributed by atoms with van der Waals surface area (Å²) < 4.78 is 0. The zero-order chi connectivity index (χ0) is 13.2. The summed E-state index contributed by atoms with van der Waals surface area (Å²) in [6.45, 7) is 5.84. The number of pyridine rings is 1. The number of aromatic nitrogens is 1. The van der Waals surface area contributed by atoms with Gasteiger partial charge in [-0.1, -0.05) is 12.2 Å². The second-order valence-corrected chi connectivity index (χ2v) is 4.69. The number of rotatable bonds is 4. The van der Waals surface area contributed by atoms with Crippen molar-refractivity contribution in [2.45, 2.75) is 26.8 Å². The molecule has 1 aromatic heterocycles. The van der Waals surface area contributed by atoms with Crippen LogP contribution >= 0.6 is 12.2 Å². The standard InChI is InChI=1S/C12H19N3OS/c1-7-5-10(15(4)8(2)6-16)11(12(13)17)9(3)14-7/h5,8,16H,6H2,1-4H3,(H2,13,17). The van der Waals surface area contributed by atoms with Crippen LogP contribution in [0.5, 0.6) is 0 Å². The van der Waals surface area contributed by atoms with Crippen LogP contribution in [0.15, 0.2) is 6.07 Å². The van der Waals surface area contributed by atoms with Crippen molar-refractivity contribution in [1.82, 2.24) is 4.98 Å². The molecule has 4 nitrogen and oxygen atoms in total. The van der Waals surface area contributed by atoms with E-state index in [1.807, 2.05) is 38.8 Å². The molecule has 1 unspecified atom stereocenters. The van der Waals surface area contributed by atoms with Crippen molar-refractivity contribution in [2.24, 2.45) is 5.73 Å². The van der Waals surface area contributed by atoms with Crippen molar-refractivity contribution in [3.8, 4) is 0 Å². The van der Waals surface area contributed by atoms with Crippen LogP contribution in [-0.2, 0) is 0 Å². The minimum absolute atomic E-state index is 0.00398. The van der Waals surface area contributed by atoms with E-state index in [1.54, 1.807) is 0 Å². The van der Waals surface area contributed by atoms with Gasteiger partial charge in [0.1, 0.15) is 4.99 Å². The van der Waals surface area contributed by atoms with Gasteiger partial charge in [0.25, 0.3) is 0 Å². The summed E-state index contributed by atoms with van der Waals surface area (Å²) in [6.07, 6.45) is 0. The van der Waals surface area contributed by atoms with Crippen LogP contribution in [0.3, 0.4) is 0 Å². The number of nitrogens with zero attached hydrogens (tertiary/aromatic N) is 2. The molecule has 0 aliphatic rings. The Morgan fingerprint density at radius 3 is 2.65 bits per heavy atom. The van der Waals surface area contributed by atoms with Gasteiger partial charge < -0.3 is 15.7 Å². The summed E-state index contributed by atoms with van der Waals surface area (Å²) in [5, 5.41) is 9.21. The smallest absolute Gasteiger partial charge is 0.107 e. The highest BCUT2D eigenvalue weighted by molar-refractivity contribution is 7.80. The lowest BCUT2D eigenvalue weighted by molar-refractivity contribution is 0.270. The molecule has 5 heteroatoms. The number of aryl methyl sites for hydroxylation is 2. The second kappa shape index (κ2) is 5.42. The van der Waals surface area contributed by atoms with Crippen LogP contribution in [0.1, 0.15) is 23.9 Å². The van der Waals surface area contributed by atoms with Crippen LogP contribution in [0.2, 0.25) is 0 Å². The molecule has 0 spiro atoms. The number of nitrogens with two attached hydrogens (primary N) is 1. The summed E-state index contributed by atoms with van der Waals surface area (Å²) >= 11 is 5.07. The summed E-state index contributed by atoms with van der Waals surface area (Å²) in [5.74, 6) is 0. The third-order valence-corrected chi connectivity index (χ3v) is 3.06. The van der Waals surface area contributed by atoms with E-state index in [1.165, 1.54) is 0 Å². The van der Waals surface area contributed by atoms with Gasteiger partial charge in [-0.3, -0.25) is 4.98 Å². The van der Waals surface area contributed by atoms with E-state index in [0.717, 1.165) is 22.6 Å². The van der Waals surface area contributed by atoms with Gasteiger partial charge in [0.15, 0.2) is 0 Å². The van der Waals surface area contributed by atoms with Gasteiger partial charge in [-0.2, -0.15) is 0 Å². The monoisotopic (exact) mass is 253 g/mol. The van der Waals surface area contributed by atoms with Crippen LogP contribution < -0.4 is 10.6 Å². The molecule has 1 atom stereocenters. The van der Waals surface area contributed by atoms with Gasteiger partial charge in [0.2, 0.25) is 0 Å². The lowest BCUT2D eigenvalue weighted by Crippen LogP contribution is -2.34. The van der Waals surface area contributed by atoms with Crippen LogP contribution in [0.25, 0.3) is 0 Å². The molecule has 0 fully saturated rings. The molecule has 94 valence electrons. The summed E-state index contributed by atoms with van der Waals surface area (Å²) in [6, 6.07) is 1.94. The van der Waals surface area contributed by atoms with Gasteiger partial charge in [-0.05, 0) is 26.8 Å². The number of hydrogen-bond acceptors (Lipinski definition) is 4. The fourth-order valence-electron chi connectivity index (χ4n) is 1.75. The SMILES string of the molecule is Cc1cc(N(C)C(C)CO)c(C(N)=S)c(C)n1. The molecule has 0 aromatic carbocycles. The maximum absolute atomic E-state index is 9.21. The zero-order valence-electron chi connectivity index (χ0n) is 10.7. The highest BCUT2D eigenvalue weighted by atomic mass is 32.1. The lowest BCUT2D eigenvalue weighted by atomic mass is 10.1. The average Bonchev–Trinajstić information content (AvgIpc) is 2.25. The van der Waals surface area contributed by atoms with Crippen molar-refractivity contribution >= 4 is 22.9 Å². The minimum atomic E-state index is 0.00398. The number of aliphatic hydroxyl groups excluding tert-OH is 1. The number of anilines is 1. The fraction of sp³-hybridized carbons (Fsp3) is 0.500. The van der Waals surface area contributed by atoms with Crippen molar-refractivity contribution in [2.75, 3.05) is 18.6 Å². The Labute approximate surface area is 107 Å². The van der Waals surface area contributed by atoms with E-state index in [2.05, 4.69) is 4.98 Å². The topological polar surface area (TPSA) is 62.4 Å². The summed E-state index contributed by atoms with van der Waals surface area (Å²) in [4.78, 5) is 6.67. The first-order chi connectivity index (χ1) is 7.88. The quantitative estimate of drug-likeness (QED) is 0.788. The summed E-state index contributed by atoms with van der Waals surface area (Å²) in [7, 11) is 1.91. The predicted octanol–water partition coefficient (Wildman–Crippen LogP) is 1.15. The minimum Gasteiger partial charge on any atom is -0.394 e. The third kappa shape index (κ3) is 2.92. The van der Waals surface area contributed by atoms with Crippen LogP contribution in [0, 0.1) is 13.8 Å². The molecule has 0 saturated carbocycles. The number of thiocarbonyl (C=S) groups is 1. The van der Waals surface area contributed by atoms with E-state index in [9.17, 15) is 5.11 Å². The third-order valence-electron chi connectivity index (χ3n) is 2.86. The molecule has 0 aliphatic carbocycles. The highest BCUT2D eigenvalue weighted by Gasteiger charge is 2.17. The van der Waals surface area contributed by atoms with Gasteiger partial charge in [-0.15, -0.1) is 0 Å². The van der Waals surface area contributed by atoms with E-state index in [0.29, 0.717) is 4.99 Å². The molecule has 0 bridgehead atoms. The van der Waals surface area contributed by atoms with E-state index in [-0.39, 0.29) is 12.6 Å². The Morgan fingerprint density at radius 2 is 2.18 bits per heavy atom. The molecule has 17 heavy (non-hydrogen) atoms. The lowest BCUT2D eigenvalue weighted by Gasteiger charge is -2.28. The van der Waals surface area contributed by atoms with E-state index in [4.69, 9.17) is 18.0 Å². The van der Waals surface area contributed by atoms with Crippen molar-refractivity contribution < 1.29 is 5.11 Å². The first-order valence-corrected chi connectivity index (χ1v) is 5.91. The Kier molecular flexibility index (Phi) is 4.42. The summed E-state index contributed by atoms with van der Waals surface area (Å²) in [5.41, 5.74) is 9.19. The highest BCUT2D eigenvalue weighted by Crippen LogP contribution is 2.24. The Hall–Kier alpha value is -1.20. The molecule has 1 rings (SSSR count). The van der Waals surface area contributed by atoms with E-state index >= 15 is 0 Å². The predicted molar refractivity (Wildman–Crippen MR) is 74.5 cm³/mol. The van der Waals surface area contributed by atoms with Crippen LogP contribution in [-0.4, -0.2) is 34.8 Å². The number of likely N-dealkylation sites (N-methyl/N-ethyl adjacent to an activating group) is 1. The van der Waals surface area contributed by atoms with Gasteiger partial charge in [-0.25, -0.2) is 0 Å². The van der Waals surface area contributed by atoms with E-state index < -0.39 is 0 Å². The number of aliphatic hydroxyl groups is 1. The molecule has 1 aromatic rings. The van der Waals surface area contributed by atoms with Crippen molar-refractivity contribution in [3.63, 3.8) is 0 Å². The molecule has 1 heterocycles. The largest absolute Gasteiger partial charge is 0.394 e. The van der Waals surface area contributed by atoms with Crippen LogP contribution in [0.4, 0.5) is 5.69 Å². The maximum Gasteiger partial charge on any atom is 0.107 e. The molecule has 3 N–H and O–H groups in total. The average molecular weight is 253 g/mol. The first kappa shape index (κ1) is 13.9. The maximum atomic E-state index is 9.21. The molecular weight excluding hydrogens is 234 g/mol. The first-order valence-electron chi connectivity index (χ1n) is 5.50. The molecular formula is C12H19N3OS. The Morgan fingerprint density at radius 1 is 1.59 bits per heavy atom. The van der Waals surface area contributed by atoms with Gasteiger partial charge in [0, 0.05) is 24.5 Å². The second-order valence-electron chi connectivity index (χ2n) is 4.25. The number of hydrogen-bond donors (Lipinski definition) is 2.